The van der Waals surface area contributed by atoms with Crippen molar-refractivity contribution < 1.29 is 137 Å². The number of nitrogens with one attached hydrogen (secondary N) is 1. The van der Waals surface area contributed by atoms with Crippen LogP contribution in [0.15, 0.2) is 69.9 Å². The van der Waals surface area contributed by atoms with Crippen molar-refractivity contribution in [2.24, 2.45) is 0 Å². The average Bonchev–Trinajstić information content (AvgIpc) is 3.68. The molecule has 6 aromatic rings. The Balaban J connectivity index is 0.000000696. The van der Waals surface area contributed by atoms with E-state index in [4.69, 9.17) is 21.7 Å². The summed E-state index contributed by atoms with van der Waals surface area (Å²) in [7, 11) is 0. The number of rotatable bonds is 4. The van der Waals surface area contributed by atoms with Crippen LogP contribution in [0.3, 0.4) is 0 Å². The number of hydrogen-bond acceptors (Lipinski definition) is 9. The summed E-state index contributed by atoms with van der Waals surface area (Å²) >= 11 is 12.3. The molecule has 0 unspecified atom stereocenters. The molecule has 1 N–H and O–H groups in total. The Morgan fingerprint density at radius 2 is 1.47 bits per heavy atom. The number of benzene rings is 2. The number of carbonyl (C=O) groups excluding carboxylic acids is 1. The fourth-order valence-electron chi connectivity index (χ4n) is 3.52. The molecule has 0 atom stereocenters. The molecule has 0 fully saturated rings. The molecule has 0 aliphatic carbocycles. The van der Waals surface area contributed by atoms with Crippen LogP contribution in [0.1, 0.15) is 36.8 Å². The predicted molar refractivity (Wildman–Crippen MR) is 163 cm³/mol. The molecule has 6 rings (SSSR count). The van der Waals surface area contributed by atoms with Crippen molar-refractivity contribution in [3.63, 3.8) is 0 Å². The molecule has 0 aliphatic heterocycles. The molecule has 0 saturated carbocycles. The molecule has 0 bridgehead atoms. The summed E-state index contributed by atoms with van der Waals surface area (Å²) in [5.74, 6) is 0.103. The Kier molecular flexibility index (Phi) is 20.8. The van der Waals surface area contributed by atoms with Crippen LogP contribution in [0, 0.1) is 13.8 Å². The normalized spacial score (nSPS) is 10.0. The van der Waals surface area contributed by atoms with Gasteiger partial charge in [0, 0.05) is 19.7 Å². The zero-order chi connectivity index (χ0) is 33.1. The number of carbonyl (C=O) groups is 1. The van der Waals surface area contributed by atoms with E-state index in [1.54, 1.807) is 55.7 Å². The summed E-state index contributed by atoms with van der Waals surface area (Å²) < 4.78 is 54.4. The maximum atomic E-state index is 13.3. The van der Waals surface area contributed by atoms with Gasteiger partial charge < -0.3 is 11.6 Å². The molecule has 4 aromatic heterocycles. The van der Waals surface area contributed by atoms with Crippen molar-refractivity contribution in [3.05, 3.63) is 97.5 Å². The number of aromatic amines is 1. The molecule has 0 radical (unpaired) electrons. The standard InChI is InChI=1S/C13H9BrF2N4.C10H5BrClF2N.C3H5N3.CH2O3.2K.H/c1-7-6-20(19-18-7)13-9(12(15)16)5-8-10(14)3-2-4-11(8)17-13;11-7-2-1-3-8-5(7)4-6(10(13)14)9(12)15-8;1-3-2-4-6-5-3;2-1-4-3;;;/h2-6,12H,1H3;1-4,10H;2H,1H3,(H,4,5,6);1,3H;;;/q;;;;2*+1;-1/p-1. The van der Waals surface area contributed by atoms with Gasteiger partial charge in [0.2, 0.25) is 0 Å². The van der Waals surface area contributed by atoms with E-state index in [2.05, 4.69) is 72.4 Å². The van der Waals surface area contributed by atoms with Gasteiger partial charge in [-0.3, -0.25) is 4.79 Å². The van der Waals surface area contributed by atoms with Gasteiger partial charge in [0.1, 0.15) is 5.15 Å². The van der Waals surface area contributed by atoms with Gasteiger partial charge in [-0.1, -0.05) is 60.8 Å². The second kappa shape index (κ2) is 22.1. The molecule has 0 aliphatic rings. The third-order valence-electron chi connectivity index (χ3n) is 5.47. The number of hydrogen-bond donors (Lipinski definition) is 1. The minimum Gasteiger partial charge on any atom is -1.00 e. The number of pyridine rings is 2. The fraction of sp³-hybridized carbons (Fsp3) is 0.148. The third-order valence-corrected chi connectivity index (χ3v) is 7.16. The number of alkyl halides is 4. The number of fused-ring (bicyclic) bond motifs is 2. The Bertz CT molecular complexity index is 1880. The number of H-pyrrole nitrogens is 1. The third kappa shape index (κ3) is 13.1. The second-order valence-electron chi connectivity index (χ2n) is 8.59. The SMILES string of the molecule is Cc1cn(-c2nc3cccc(Br)c3cc2C(F)F)nn1.Cc1cn[nH]n1.FC(F)c1cc2c(Br)cccc2nc1Cl.O=CO[O-].[H-].[K+].[K+]. The van der Waals surface area contributed by atoms with E-state index >= 15 is 0 Å². The molecule has 0 spiro atoms. The van der Waals surface area contributed by atoms with Gasteiger partial charge in [-0.05, 0) is 50.2 Å². The summed E-state index contributed by atoms with van der Waals surface area (Å²) in [6.45, 7) is 3.44. The largest absolute Gasteiger partial charge is 1.00 e. The Morgan fingerprint density at radius 1 is 0.936 bits per heavy atom. The van der Waals surface area contributed by atoms with Gasteiger partial charge >= 0.3 is 103 Å². The molecule has 238 valence electrons. The summed E-state index contributed by atoms with van der Waals surface area (Å²) in [5.41, 5.74) is 2.37. The molecular formula is C27H21Br2ClF4K2N8O3. The first-order valence-corrected chi connectivity index (χ1v) is 14.3. The van der Waals surface area contributed by atoms with Gasteiger partial charge in [-0.2, -0.15) is 15.4 Å². The van der Waals surface area contributed by atoms with Crippen molar-refractivity contribution >= 4 is 71.7 Å². The van der Waals surface area contributed by atoms with Gasteiger partial charge in [0.25, 0.3) is 19.3 Å². The van der Waals surface area contributed by atoms with Crippen LogP contribution in [0.5, 0.6) is 0 Å². The molecule has 20 heteroatoms. The summed E-state index contributed by atoms with van der Waals surface area (Å²) in [4.78, 5) is 19.5. The number of halogens is 7. The van der Waals surface area contributed by atoms with Crippen LogP contribution in [0.2, 0.25) is 5.15 Å². The van der Waals surface area contributed by atoms with E-state index in [9.17, 15) is 17.6 Å². The second-order valence-corrected chi connectivity index (χ2v) is 10.7. The summed E-state index contributed by atoms with van der Waals surface area (Å²) in [6, 6.07) is 13.4. The van der Waals surface area contributed by atoms with Gasteiger partial charge in [0.05, 0.1) is 45.9 Å². The molecule has 2 aromatic carbocycles. The van der Waals surface area contributed by atoms with E-state index in [1.165, 1.54) is 16.8 Å². The van der Waals surface area contributed by atoms with E-state index < -0.39 is 12.9 Å². The van der Waals surface area contributed by atoms with E-state index in [0.717, 1.165) is 14.6 Å². The first-order chi connectivity index (χ1) is 21.5. The maximum Gasteiger partial charge on any atom is 1.00 e. The maximum absolute atomic E-state index is 13.3. The molecule has 0 saturated heterocycles. The quantitative estimate of drug-likeness (QED) is 0.0688. The number of aryl methyl sites for hydroxylation is 2. The van der Waals surface area contributed by atoms with E-state index in [-0.39, 0.29) is 133 Å². The number of aromatic nitrogens is 8. The minimum absolute atomic E-state index is 0. The predicted octanol–water partition coefficient (Wildman–Crippen LogP) is 1.08. The van der Waals surface area contributed by atoms with Crippen LogP contribution in [-0.2, 0) is 9.68 Å². The molecule has 11 nitrogen and oxygen atoms in total. The van der Waals surface area contributed by atoms with E-state index in [0.29, 0.717) is 27.5 Å². The fourth-order valence-corrected chi connectivity index (χ4v) is 4.69. The zero-order valence-electron chi connectivity index (χ0n) is 26.0. The Hall–Kier alpha value is -0.787. The zero-order valence-corrected chi connectivity index (χ0v) is 35.2. The smallest absolute Gasteiger partial charge is 1.00 e. The molecule has 0 amide bonds. The van der Waals surface area contributed by atoms with Crippen molar-refractivity contribution in [1.82, 2.24) is 40.4 Å². The molecule has 47 heavy (non-hydrogen) atoms. The van der Waals surface area contributed by atoms with Crippen molar-refractivity contribution in [2.45, 2.75) is 26.7 Å². The summed E-state index contributed by atoms with van der Waals surface area (Å²) in [6.07, 6.45) is -2.02. The summed E-state index contributed by atoms with van der Waals surface area (Å²) in [5, 5.41) is 26.9. The first-order valence-electron chi connectivity index (χ1n) is 12.3. The Morgan fingerprint density at radius 3 is 1.87 bits per heavy atom. The van der Waals surface area contributed by atoms with Crippen LogP contribution in [0.25, 0.3) is 27.6 Å². The van der Waals surface area contributed by atoms with Crippen molar-refractivity contribution in [1.29, 1.82) is 0 Å². The number of nitrogens with zero attached hydrogens (tertiary/aromatic N) is 7. The van der Waals surface area contributed by atoms with Crippen LogP contribution in [0.4, 0.5) is 17.6 Å². The van der Waals surface area contributed by atoms with Crippen molar-refractivity contribution in [2.75, 3.05) is 0 Å². The van der Waals surface area contributed by atoms with Crippen molar-refractivity contribution in [3.8, 4) is 5.82 Å². The van der Waals surface area contributed by atoms with Gasteiger partial charge in [-0.15, -0.1) is 5.10 Å². The molecule has 4 heterocycles. The van der Waals surface area contributed by atoms with Gasteiger partial charge in [-0.25, -0.2) is 32.2 Å². The average molecular weight is 855 g/mol. The molecular weight excluding hydrogens is 834 g/mol. The van der Waals surface area contributed by atoms with Crippen LogP contribution >= 0.6 is 43.5 Å². The minimum atomic E-state index is -2.64. The Labute approximate surface area is 373 Å². The monoisotopic (exact) mass is 852 g/mol. The topological polar surface area (TPSA) is 147 Å². The first kappa shape index (κ1) is 44.2. The van der Waals surface area contributed by atoms with Crippen LogP contribution < -0.4 is 108 Å². The van der Waals surface area contributed by atoms with Crippen LogP contribution in [-0.4, -0.2) is 46.8 Å². The van der Waals surface area contributed by atoms with E-state index in [1.807, 2.05) is 6.92 Å². The van der Waals surface area contributed by atoms with Gasteiger partial charge in [0.15, 0.2) is 5.82 Å².